The molecule has 0 aromatic heterocycles. The molecule has 0 amide bonds. The third kappa shape index (κ3) is 4.66. The topological polar surface area (TPSA) is 156 Å². The van der Waals surface area contributed by atoms with Crippen molar-refractivity contribution < 1.29 is 39.3 Å². The van der Waals surface area contributed by atoms with Gasteiger partial charge in [-0.3, -0.25) is 19.2 Å². The average molecular weight is 305 g/mol. The second-order valence-electron chi connectivity index (χ2n) is 5.13. The van der Waals surface area contributed by atoms with Crippen molar-refractivity contribution in [2.45, 2.75) is 38.6 Å². The number of carbonyl (C=O) groups is 3. The Hall–Kier alpha value is -1.71. The van der Waals surface area contributed by atoms with Crippen LogP contribution in [0.4, 0.5) is 0 Å². The lowest BCUT2D eigenvalue weighted by molar-refractivity contribution is -0.257. The largest absolute Gasteiger partial charge is 0.481 e. The molecule has 9 nitrogen and oxygen atoms in total. The van der Waals surface area contributed by atoms with Crippen molar-refractivity contribution in [3.63, 3.8) is 0 Å². The molecule has 1 rings (SSSR count). The van der Waals surface area contributed by atoms with Gasteiger partial charge < -0.3 is 20.1 Å². The number of rotatable bonds is 7. The number of hydrogen-bond acceptors (Lipinski definition) is 6. The van der Waals surface area contributed by atoms with Gasteiger partial charge in [-0.15, -0.1) is 0 Å². The molecule has 1 aliphatic heterocycles. The highest BCUT2D eigenvalue weighted by molar-refractivity contribution is 5.70. The number of hydrogen-bond donors (Lipinski definition) is 4. The summed E-state index contributed by atoms with van der Waals surface area (Å²) in [5.74, 6) is -0.496. The van der Waals surface area contributed by atoms with Crippen molar-refractivity contribution >= 4 is 17.9 Å². The van der Waals surface area contributed by atoms with Gasteiger partial charge >= 0.3 is 17.9 Å². The molecule has 120 valence electrons. The monoisotopic (exact) mass is 305 g/mol. The second-order valence-corrected chi connectivity index (χ2v) is 5.13. The summed E-state index contributed by atoms with van der Waals surface area (Å²) in [5, 5.41) is 26.9. The summed E-state index contributed by atoms with van der Waals surface area (Å²) in [6.45, 7) is 1.59. The van der Waals surface area contributed by atoms with Gasteiger partial charge in [0.05, 0.1) is 18.9 Å². The van der Waals surface area contributed by atoms with E-state index in [-0.39, 0.29) is 12.8 Å². The summed E-state index contributed by atoms with van der Waals surface area (Å²) in [6.07, 6.45) is -2.78. The number of nitrogens with two attached hydrogens (primary N) is 1. The van der Waals surface area contributed by atoms with Crippen LogP contribution in [-0.2, 0) is 24.0 Å². The van der Waals surface area contributed by atoms with Crippen molar-refractivity contribution in [3.05, 3.63) is 0 Å². The van der Waals surface area contributed by atoms with Gasteiger partial charge in [0.25, 0.3) is 0 Å². The second kappa shape index (κ2) is 7.34. The van der Waals surface area contributed by atoms with Crippen LogP contribution in [0.15, 0.2) is 0 Å². The van der Waals surface area contributed by atoms with Crippen molar-refractivity contribution in [1.82, 2.24) is 0 Å². The predicted molar refractivity (Wildman–Crippen MR) is 66.8 cm³/mol. The fraction of sp³-hybridized carbons (Fsp3) is 0.750. The van der Waals surface area contributed by atoms with Crippen LogP contribution < -0.4 is 5.90 Å². The van der Waals surface area contributed by atoms with Crippen LogP contribution in [-0.4, -0.2) is 45.6 Å². The maximum absolute atomic E-state index is 11.0. The molecule has 1 fully saturated rings. The van der Waals surface area contributed by atoms with E-state index in [1.54, 1.807) is 6.92 Å². The Morgan fingerprint density at radius 2 is 1.38 bits per heavy atom. The number of ether oxygens (including phenoxy) is 1. The van der Waals surface area contributed by atoms with Gasteiger partial charge in [-0.1, -0.05) is 0 Å². The van der Waals surface area contributed by atoms with E-state index in [9.17, 15) is 14.4 Å². The lowest BCUT2D eigenvalue weighted by Gasteiger charge is -2.44. The standard InChI is InChI=1S/C12H19NO8/c1-5-6(2-9(14)15)7(3-10(16)17)8(4-11(18)19)12(20-5)21-13/h5-8,12H,2-4,13H2,1H3,(H,14,15)(H,16,17)(H,18,19)/t5-,6+,7+,8-,12-/m0/s1. The first kappa shape index (κ1) is 17.3. The van der Waals surface area contributed by atoms with E-state index in [1.165, 1.54) is 0 Å². The van der Waals surface area contributed by atoms with Crippen LogP contribution in [0.5, 0.6) is 0 Å². The van der Waals surface area contributed by atoms with E-state index < -0.39 is 54.5 Å². The lowest BCUT2D eigenvalue weighted by Crippen LogP contribution is -2.50. The van der Waals surface area contributed by atoms with Crippen molar-refractivity contribution in [3.8, 4) is 0 Å². The van der Waals surface area contributed by atoms with Gasteiger partial charge in [-0.25, -0.2) is 5.90 Å². The first-order valence-corrected chi connectivity index (χ1v) is 6.42. The summed E-state index contributed by atoms with van der Waals surface area (Å²) in [4.78, 5) is 37.5. The van der Waals surface area contributed by atoms with Gasteiger partial charge in [0.15, 0.2) is 6.29 Å². The molecule has 1 saturated heterocycles. The van der Waals surface area contributed by atoms with Crippen LogP contribution >= 0.6 is 0 Å². The number of carboxylic acid groups (broad SMARTS) is 3. The zero-order valence-corrected chi connectivity index (χ0v) is 11.5. The molecule has 0 aromatic rings. The Bertz CT molecular complexity index is 412. The van der Waals surface area contributed by atoms with Crippen LogP contribution in [0.25, 0.3) is 0 Å². The summed E-state index contributed by atoms with van der Waals surface area (Å²) in [7, 11) is 0. The minimum Gasteiger partial charge on any atom is -0.481 e. The smallest absolute Gasteiger partial charge is 0.303 e. The molecule has 9 heteroatoms. The molecule has 0 spiro atoms. The van der Waals surface area contributed by atoms with Gasteiger partial charge in [0.1, 0.15) is 0 Å². The quantitative estimate of drug-likeness (QED) is 0.471. The maximum Gasteiger partial charge on any atom is 0.303 e. The summed E-state index contributed by atoms with van der Waals surface area (Å²) < 4.78 is 5.41. The minimum atomic E-state index is -1.16. The van der Waals surface area contributed by atoms with E-state index in [4.69, 9.17) is 26.0 Å². The summed E-state index contributed by atoms with van der Waals surface area (Å²) in [5.41, 5.74) is 0. The molecule has 21 heavy (non-hydrogen) atoms. The van der Waals surface area contributed by atoms with E-state index in [1.807, 2.05) is 0 Å². The average Bonchev–Trinajstić information content (AvgIpc) is 2.35. The molecule has 0 saturated carbocycles. The van der Waals surface area contributed by atoms with Crippen molar-refractivity contribution in [2.24, 2.45) is 23.7 Å². The van der Waals surface area contributed by atoms with Gasteiger partial charge in [0.2, 0.25) is 0 Å². The maximum atomic E-state index is 11.0. The third-order valence-electron chi connectivity index (χ3n) is 3.77. The SMILES string of the molecule is C[C@@H]1O[C@@H](ON)[C@@H](CC(=O)O)[C@H](CC(=O)O)[C@@H]1CC(=O)O. The highest BCUT2D eigenvalue weighted by atomic mass is 16.8. The summed E-state index contributed by atoms with van der Waals surface area (Å²) >= 11 is 0. The van der Waals surface area contributed by atoms with Crippen molar-refractivity contribution in [1.29, 1.82) is 0 Å². The zero-order chi connectivity index (χ0) is 16.2. The first-order valence-electron chi connectivity index (χ1n) is 6.42. The molecule has 0 bridgehead atoms. The Balaban J connectivity index is 3.08. The lowest BCUT2D eigenvalue weighted by atomic mass is 9.71. The Kier molecular flexibility index (Phi) is 6.06. The Labute approximate surface area is 120 Å². The molecular weight excluding hydrogens is 286 g/mol. The van der Waals surface area contributed by atoms with Crippen molar-refractivity contribution in [2.75, 3.05) is 0 Å². The Morgan fingerprint density at radius 1 is 0.952 bits per heavy atom. The molecule has 1 heterocycles. The normalized spacial score (nSPS) is 32.6. The zero-order valence-electron chi connectivity index (χ0n) is 11.5. The molecule has 0 radical (unpaired) electrons. The molecule has 0 aromatic carbocycles. The van der Waals surface area contributed by atoms with E-state index in [0.29, 0.717) is 0 Å². The molecule has 5 atom stereocenters. The van der Waals surface area contributed by atoms with E-state index in [2.05, 4.69) is 4.84 Å². The number of carboxylic acids is 3. The predicted octanol–water partition coefficient (Wildman–Crippen LogP) is -0.106. The molecule has 5 N–H and O–H groups in total. The molecule has 1 aliphatic rings. The van der Waals surface area contributed by atoms with Crippen LogP contribution in [0, 0.1) is 17.8 Å². The highest BCUT2D eigenvalue weighted by Gasteiger charge is 2.46. The fourth-order valence-corrected chi connectivity index (χ4v) is 2.89. The molecular formula is C12H19NO8. The molecule has 0 unspecified atom stereocenters. The minimum absolute atomic E-state index is 0.313. The van der Waals surface area contributed by atoms with Gasteiger partial charge in [-0.05, 0) is 18.8 Å². The fourth-order valence-electron chi connectivity index (χ4n) is 2.89. The van der Waals surface area contributed by atoms with Crippen LogP contribution in [0.1, 0.15) is 26.2 Å². The summed E-state index contributed by atoms with van der Waals surface area (Å²) in [6, 6.07) is 0. The van der Waals surface area contributed by atoms with Gasteiger partial charge in [-0.2, -0.15) is 0 Å². The van der Waals surface area contributed by atoms with Crippen LogP contribution in [0.2, 0.25) is 0 Å². The van der Waals surface area contributed by atoms with Gasteiger partial charge in [0, 0.05) is 12.3 Å². The molecule has 0 aliphatic carbocycles. The number of aliphatic carboxylic acids is 3. The first-order chi connectivity index (χ1) is 9.76. The Morgan fingerprint density at radius 3 is 1.81 bits per heavy atom. The third-order valence-corrected chi connectivity index (χ3v) is 3.77. The highest BCUT2D eigenvalue weighted by Crippen LogP contribution is 2.41. The van der Waals surface area contributed by atoms with E-state index >= 15 is 0 Å². The van der Waals surface area contributed by atoms with E-state index in [0.717, 1.165) is 0 Å². The van der Waals surface area contributed by atoms with Crippen LogP contribution in [0.3, 0.4) is 0 Å².